The number of hydrogen-bond donors (Lipinski definition) is 6. The van der Waals surface area contributed by atoms with Crippen LogP contribution >= 0.6 is 0 Å². The highest BCUT2D eigenvalue weighted by Crippen LogP contribution is 2.50. The largest absolute Gasteiger partial charge is 0.508 e. The average Bonchev–Trinajstić information content (AvgIpc) is 3.09. The maximum Gasteiger partial charge on any atom is 0.323 e. The van der Waals surface area contributed by atoms with Crippen molar-refractivity contribution in [3.63, 3.8) is 0 Å². The summed E-state index contributed by atoms with van der Waals surface area (Å²) < 4.78 is 127. The van der Waals surface area contributed by atoms with Crippen LogP contribution in [-0.4, -0.2) is 59.0 Å². The van der Waals surface area contributed by atoms with Crippen molar-refractivity contribution in [3.8, 4) is 11.5 Å². The number of hydrogen-bond acceptors (Lipinski definition) is 11. The number of nitrogens with one attached hydrogen (secondary N) is 2. The molecule has 4 bridgehead atoms. The summed E-state index contributed by atoms with van der Waals surface area (Å²) >= 11 is 0. The minimum absolute atomic E-state index is 0.00281. The highest BCUT2D eigenvalue weighted by atomic mass is 32.2. The van der Waals surface area contributed by atoms with E-state index in [4.69, 9.17) is 0 Å². The Morgan fingerprint density at radius 2 is 0.929 bits per heavy atom. The standard InChI is InChI=1S/C35H26N4O13S4/c1-17-27-7-9-31(53(43,44)38(27)29-15-23(55(47,48)49)13-19-11-21(40)3-5-25(19)29)33(17)36-35(42)37-34-18(2)28-8-10-32(34)54(45,46)39(28)30-16-24(56(50,51)52)14-20-12-22(41)4-6-26(20)30/h3-16,40-41H,1-2H3,(H2,36,37,42)(H,47,48,49)(H,50,51,52). The summed E-state index contributed by atoms with van der Waals surface area (Å²) in [6.45, 7) is 2.98. The first kappa shape index (κ1) is 37.0. The molecule has 10 rings (SSSR count). The maximum absolute atomic E-state index is 14.2. The molecule has 0 saturated carbocycles. The molecule has 4 aliphatic rings. The zero-order valence-electron chi connectivity index (χ0n) is 28.6. The SMILES string of the molecule is Cc1c2ccc(c1NC(=O)Nc1c3ccc(c1C)N(c1cc(S(=O)(=O)O)cc4cc(O)ccc14)S3(=O)=O)S(=O)(=O)N2c1cc(S(=O)(=O)O)cc2cc(O)ccc12. The van der Waals surface area contributed by atoms with E-state index in [-0.39, 0.29) is 78.3 Å². The van der Waals surface area contributed by atoms with E-state index in [1.165, 1.54) is 74.5 Å². The number of benzene rings is 6. The molecule has 6 aromatic rings. The lowest BCUT2D eigenvalue weighted by Crippen LogP contribution is -2.35. The number of urea groups is 1. The quantitative estimate of drug-likeness (QED) is 0.108. The predicted octanol–water partition coefficient (Wildman–Crippen LogP) is 5.84. The van der Waals surface area contributed by atoms with Gasteiger partial charge in [0.25, 0.3) is 40.3 Å². The third-order valence-corrected chi connectivity index (χ3v) is 14.8. The molecular formula is C35H26N4O13S4. The number of carbonyl (C=O) groups is 1. The molecule has 4 heterocycles. The van der Waals surface area contributed by atoms with E-state index < -0.39 is 65.9 Å². The predicted molar refractivity (Wildman–Crippen MR) is 205 cm³/mol. The number of phenols is 2. The number of fused-ring (bicyclic) bond motifs is 8. The number of phenolic OH excluding ortho intramolecular Hbond substituents is 2. The Labute approximate surface area is 318 Å². The number of amides is 2. The highest BCUT2D eigenvalue weighted by Gasteiger charge is 2.41. The minimum atomic E-state index is -4.84. The number of nitrogens with zero attached hydrogens (tertiary/aromatic N) is 2. The van der Waals surface area contributed by atoms with E-state index in [0.717, 1.165) is 32.9 Å². The van der Waals surface area contributed by atoms with Crippen molar-refractivity contribution in [2.75, 3.05) is 19.2 Å². The minimum Gasteiger partial charge on any atom is -0.508 e. The average molecular weight is 839 g/mol. The van der Waals surface area contributed by atoms with Gasteiger partial charge in [0, 0.05) is 10.8 Å². The number of aromatic hydroxyl groups is 2. The van der Waals surface area contributed by atoms with E-state index >= 15 is 0 Å². The Morgan fingerprint density at radius 1 is 0.554 bits per heavy atom. The smallest absolute Gasteiger partial charge is 0.323 e. The highest BCUT2D eigenvalue weighted by molar-refractivity contribution is 7.94. The molecule has 6 N–H and O–H groups in total. The Balaban J connectivity index is 1.18. The van der Waals surface area contributed by atoms with E-state index in [1.807, 2.05) is 0 Å². The lowest BCUT2D eigenvalue weighted by molar-refractivity contribution is 0.262. The molecule has 2 amide bonds. The van der Waals surface area contributed by atoms with Crippen LogP contribution in [0.2, 0.25) is 0 Å². The van der Waals surface area contributed by atoms with Gasteiger partial charge in [-0.3, -0.25) is 9.11 Å². The van der Waals surface area contributed by atoms with Crippen molar-refractivity contribution < 1.29 is 57.8 Å². The summed E-state index contributed by atoms with van der Waals surface area (Å²) in [7, 11) is -18.8. The second kappa shape index (κ2) is 12.0. The van der Waals surface area contributed by atoms with Crippen LogP contribution in [0.5, 0.6) is 11.5 Å². The van der Waals surface area contributed by atoms with E-state index in [1.54, 1.807) is 0 Å². The van der Waals surface area contributed by atoms with E-state index in [0.29, 0.717) is 0 Å². The molecule has 0 aliphatic carbocycles. The lowest BCUT2D eigenvalue weighted by Gasteiger charge is -2.35. The van der Waals surface area contributed by atoms with Gasteiger partial charge in [-0.1, -0.05) is 0 Å². The van der Waals surface area contributed by atoms with Crippen molar-refractivity contribution in [3.05, 3.63) is 96.1 Å². The van der Waals surface area contributed by atoms with Gasteiger partial charge < -0.3 is 20.8 Å². The van der Waals surface area contributed by atoms with Gasteiger partial charge in [-0.05, 0) is 121 Å². The zero-order chi connectivity index (χ0) is 40.4. The third kappa shape index (κ3) is 5.58. The first-order chi connectivity index (χ1) is 26.1. The number of rotatable bonds is 6. The number of carbonyl (C=O) groups excluding carboxylic acids is 1. The fourth-order valence-corrected chi connectivity index (χ4v) is 11.6. The molecule has 0 fully saturated rings. The van der Waals surface area contributed by atoms with Gasteiger partial charge in [0.1, 0.15) is 21.3 Å². The molecule has 56 heavy (non-hydrogen) atoms. The van der Waals surface area contributed by atoms with Crippen LogP contribution in [0.4, 0.5) is 38.9 Å². The lowest BCUT2D eigenvalue weighted by atomic mass is 10.1. The van der Waals surface area contributed by atoms with Crippen molar-refractivity contribution in [2.24, 2.45) is 0 Å². The summed E-state index contributed by atoms with van der Waals surface area (Å²) in [4.78, 5) is 11.5. The van der Waals surface area contributed by atoms with Crippen LogP contribution in [0.1, 0.15) is 11.1 Å². The molecule has 21 heteroatoms. The zero-order valence-corrected chi connectivity index (χ0v) is 31.8. The third-order valence-electron chi connectivity index (χ3n) is 9.56. The van der Waals surface area contributed by atoms with Gasteiger partial charge in [-0.25, -0.2) is 30.2 Å². The monoisotopic (exact) mass is 838 g/mol. The molecule has 17 nitrogen and oxygen atoms in total. The molecule has 288 valence electrons. The summed E-state index contributed by atoms with van der Waals surface area (Å²) in [6.07, 6.45) is 0. The normalized spacial score (nSPS) is 15.4. The summed E-state index contributed by atoms with van der Waals surface area (Å²) in [5.74, 6) is -0.501. The Bertz CT molecular complexity index is 3050. The van der Waals surface area contributed by atoms with Crippen molar-refractivity contribution in [1.29, 1.82) is 0 Å². The molecule has 0 spiro atoms. The van der Waals surface area contributed by atoms with Gasteiger partial charge >= 0.3 is 6.03 Å². The van der Waals surface area contributed by atoms with Crippen LogP contribution < -0.4 is 19.2 Å². The fraction of sp³-hybridized carbons (Fsp3) is 0.0571. The molecule has 0 saturated heterocycles. The van der Waals surface area contributed by atoms with Gasteiger partial charge in [0.05, 0.1) is 43.9 Å². The molecule has 0 unspecified atom stereocenters. The second-order valence-electron chi connectivity index (χ2n) is 12.9. The first-order valence-corrected chi connectivity index (χ1v) is 21.8. The Morgan fingerprint density at radius 3 is 1.29 bits per heavy atom. The number of anilines is 6. The Kier molecular flexibility index (Phi) is 7.93. The molecule has 6 aromatic carbocycles. The van der Waals surface area contributed by atoms with Crippen LogP contribution in [0, 0.1) is 13.8 Å². The topological polar surface area (TPSA) is 265 Å². The van der Waals surface area contributed by atoms with Crippen LogP contribution in [0.3, 0.4) is 0 Å². The maximum atomic E-state index is 14.2. The molecule has 4 aliphatic heterocycles. The molecule has 0 radical (unpaired) electrons. The van der Waals surface area contributed by atoms with Crippen molar-refractivity contribution in [1.82, 2.24) is 0 Å². The van der Waals surface area contributed by atoms with Crippen molar-refractivity contribution >= 4 is 102 Å². The molecular weight excluding hydrogens is 813 g/mol. The van der Waals surface area contributed by atoms with Crippen LogP contribution in [0.25, 0.3) is 21.5 Å². The summed E-state index contributed by atoms with van der Waals surface area (Å²) in [6, 6.07) is 16.0. The summed E-state index contributed by atoms with van der Waals surface area (Å²) in [5.41, 5.74) is -0.248. The van der Waals surface area contributed by atoms with Gasteiger partial charge in [-0.2, -0.15) is 16.8 Å². The second-order valence-corrected chi connectivity index (χ2v) is 19.3. The van der Waals surface area contributed by atoms with Gasteiger partial charge in [0.2, 0.25) is 0 Å². The Hall–Kier alpha value is -5.97. The van der Waals surface area contributed by atoms with Crippen LogP contribution in [-0.2, 0) is 40.3 Å². The van der Waals surface area contributed by atoms with Gasteiger partial charge in [-0.15, -0.1) is 0 Å². The molecule has 0 atom stereocenters. The molecule has 0 aromatic heterocycles. The fourth-order valence-electron chi connectivity index (χ4n) is 7.02. The van der Waals surface area contributed by atoms with E-state index in [9.17, 15) is 57.8 Å². The first-order valence-electron chi connectivity index (χ1n) is 16.0. The number of sulfonamides is 2. The van der Waals surface area contributed by atoms with E-state index in [2.05, 4.69) is 10.6 Å². The van der Waals surface area contributed by atoms with Crippen molar-refractivity contribution in [2.45, 2.75) is 33.4 Å². The van der Waals surface area contributed by atoms with Crippen LogP contribution in [0.15, 0.2) is 105 Å². The van der Waals surface area contributed by atoms with Gasteiger partial charge in [0.15, 0.2) is 0 Å². The summed E-state index contributed by atoms with van der Waals surface area (Å²) in [5, 5.41) is 25.7.